The fourth-order valence-corrected chi connectivity index (χ4v) is 6.70. The Balaban J connectivity index is 1.16. The van der Waals surface area contributed by atoms with E-state index in [1.807, 2.05) is 30.6 Å². The summed E-state index contributed by atoms with van der Waals surface area (Å²) in [4.78, 5) is 14.5. The minimum absolute atomic E-state index is 0.690. The van der Waals surface area contributed by atoms with E-state index in [-0.39, 0.29) is 0 Å². The maximum atomic E-state index is 5.17. The molecule has 0 unspecified atom stereocenters. The number of pyridine rings is 1. The molecule has 9 rings (SSSR count). The van der Waals surface area contributed by atoms with Crippen molar-refractivity contribution in [3.05, 3.63) is 182 Å². The zero-order chi connectivity index (χ0) is 32.6. The fourth-order valence-electron chi connectivity index (χ4n) is 6.70. The summed E-state index contributed by atoms with van der Waals surface area (Å²) in [5, 5.41) is 2.50. The molecule has 0 aliphatic rings. The average Bonchev–Trinajstić information content (AvgIpc) is 3.53. The van der Waals surface area contributed by atoms with Crippen LogP contribution in [0.3, 0.4) is 0 Å². The van der Waals surface area contributed by atoms with Crippen LogP contribution in [0.25, 0.3) is 83.6 Å². The molecule has 0 aliphatic heterocycles. The summed E-state index contributed by atoms with van der Waals surface area (Å²) in [7, 11) is 0. The summed E-state index contributed by atoms with van der Waals surface area (Å²) < 4.78 is 2.34. The van der Waals surface area contributed by atoms with E-state index in [1.165, 1.54) is 21.8 Å². The Kier molecular flexibility index (Phi) is 7.10. The lowest BCUT2D eigenvalue weighted by atomic mass is 10.0. The van der Waals surface area contributed by atoms with Crippen molar-refractivity contribution < 1.29 is 0 Å². The van der Waals surface area contributed by atoms with Crippen LogP contribution in [0.2, 0.25) is 0 Å². The molecule has 4 nitrogen and oxygen atoms in total. The highest BCUT2D eigenvalue weighted by Gasteiger charge is 2.14. The molecule has 0 atom stereocenters. The topological polar surface area (TPSA) is 43.6 Å². The second-order valence-electron chi connectivity index (χ2n) is 12.1. The van der Waals surface area contributed by atoms with Crippen molar-refractivity contribution in [2.45, 2.75) is 0 Å². The first-order valence-electron chi connectivity index (χ1n) is 16.4. The molecule has 6 aromatic carbocycles. The predicted octanol–water partition coefficient (Wildman–Crippen LogP) is 11.3. The Bertz CT molecular complexity index is 2520. The first-order chi connectivity index (χ1) is 24.3. The molecule has 0 radical (unpaired) electrons. The smallest absolute Gasteiger partial charge is 0.160 e. The van der Waals surface area contributed by atoms with Crippen LogP contribution in [-0.2, 0) is 0 Å². The SMILES string of the molecule is c1ccc(-c2cccc(-c3nc(-c4ccc(-c5ccncc5)cc4)cc(-c4ccc(-n5c6ccccc6c6ccccc65)cc4)n3)c2)cc1. The highest BCUT2D eigenvalue weighted by molar-refractivity contribution is 6.09. The standard InChI is InChI=1S/C45H30N4/c1-2-9-31(10-3-1)36-11-8-12-37(29-36)45-47-41(34-19-17-32(18-20-34)33-25-27-46-28-26-33)30-42(48-45)35-21-23-38(24-22-35)49-43-15-6-4-13-39(43)40-14-5-7-16-44(40)49/h1-30H. The van der Waals surface area contributed by atoms with Crippen molar-refractivity contribution in [2.75, 3.05) is 0 Å². The molecule has 3 heterocycles. The molecule has 3 aromatic heterocycles. The Hall–Kier alpha value is -6.65. The van der Waals surface area contributed by atoms with Gasteiger partial charge in [-0.1, -0.05) is 121 Å². The van der Waals surface area contributed by atoms with Crippen LogP contribution in [-0.4, -0.2) is 19.5 Å². The van der Waals surface area contributed by atoms with Gasteiger partial charge >= 0.3 is 0 Å². The largest absolute Gasteiger partial charge is 0.309 e. The van der Waals surface area contributed by atoms with Gasteiger partial charge in [-0.3, -0.25) is 4.98 Å². The van der Waals surface area contributed by atoms with Crippen LogP contribution in [0.4, 0.5) is 0 Å². The quantitative estimate of drug-likeness (QED) is 0.184. The lowest BCUT2D eigenvalue weighted by Crippen LogP contribution is -1.97. The van der Waals surface area contributed by atoms with Crippen molar-refractivity contribution in [3.63, 3.8) is 0 Å². The summed E-state index contributed by atoms with van der Waals surface area (Å²) in [6.45, 7) is 0. The van der Waals surface area contributed by atoms with E-state index < -0.39 is 0 Å². The summed E-state index contributed by atoms with van der Waals surface area (Å²) in [5.74, 6) is 0.690. The maximum Gasteiger partial charge on any atom is 0.160 e. The van der Waals surface area contributed by atoms with Crippen LogP contribution in [0.5, 0.6) is 0 Å². The molecule has 0 fully saturated rings. The first kappa shape index (κ1) is 28.6. The number of para-hydroxylation sites is 2. The van der Waals surface area contributed by atoms with Crippen LogP contribution in [0.15, 0.2) is 182 Å². The summed E-state index contributed by atoms with van der Waals surface area (Å²) in [6.07, 6.45) is 3.64. The van der Waals surface area contributed by atoms with Gasteiger partial charge in [-0.25, -0.2) is 9.97 Å². The van der Waals surface area contributed by atoms with E-state index in [0.717, 1.165) is 56.0 Å². The van der Waals surface area contributed by atoms with Crippen molar-refractivity contribution in [3.8, 4) is 61.8 Å². The number of nitrogens with zero attached hydrogens (tertiary/aromatic N) is 4. The monoisotopic (exact) mass is 626 g/mol. The third-order valence-electron chi connectivity index (χ3n) is 9.15. The highest BCUT2D eigenvalue weighted by atomic mass is 15.0. The lowest BCUT2D eigenvalue weighted by Gasteiger charge is -2.12. The number of benzene rings is 6. The molecule has 0 spiro atoms. The van der Waals surface area contributed by atoms with Crippen LogP contribution in [0.1, 0.15) is 0 Å². The second kappa shape index (κ2) is 12.2. The van der Waals surface area contributed by atoms with Crippen LogP contribution < -0.4 is 0 Å². The number of hydrogen-bond acceptors (Lipinski definition) is 3. The van der Waals surface area contributed by atoms with E-state index in [1.54, 1.807) is 0 Å². The van der Waals surface area contributed by atoms with E-state index in [0.29, 0.717) is 5.82 Å². The van der Waals surface area contributed by atoms with Crippen molar-refractivity contribution in [1.29, 1.82) is 0 Å². The van der Waals surface area contributed by atoms with Gasteiger partial charge in [0.15, 0.2) is 5.82 Å². The van der Waals surface area contributed by atoms with Gasteiger partial charge in [-0.15, -0.1) is 0 Å². The third-order valence-corrected chi connectivity index (χ3v) is 9.15. The number of hydrogen-bond donors (Lipinski definition) is 0. The predicted molar refractivity (Wildman–Crippen MR) is 201 cm³/mol. The molecule has 0 aliphatic carbocycles. The summed E-state index contributed by atoms with van der Waals surface area (Å²) in [6, 6.07) is 59.5. The normalized spacial score (nSPS) is 11.3. The molecule has 0 N–H and O–H groups in total. The zero-order valence-corrected chi connectivity index (χ0v) is 26.6. The van der Waals surface area contributed by atoms with Gasteiger partial charge < -0.3 is 4.57 Å². The highest BCUT2D eigenvalue weighted by Crippen LogP contribution is 2.34. The number of rotatable bonds is 6. The van der Waals surface area contributed by atoms with E-state index in [2.05, 4.69) is 161 Å². The molecule has 0 saturated heterocycles. The van der Waals surface area contributed by atoms with Gasteiger partial charge in [-0.2, -0.15) is 0 Å². The fraction of sp³-hybridized carbons (Fsp3) is 0. The molecule has 0 amide bonds. The van der Waals surface area contributed by atoms with Gasteiger partial charge in [0.1, 0.15) is 0 Å². The second-order valence-corrected chi connectivity index (χ2v) is 12.1. The first-order valence-corrected chi connectivity index (χ1v) is 16.4. The van der Waals surface area contributed by atoms with Crippen LogP contribution in [0, 0.1) is 0 Å². The molecule has 9 aromatic rings. The lowest BCUT2D eigenvalue weighted by molar-refractivity contribution is 1.17. The Labute approximate surface area is 284 Å². The van der Waals surface area contributed by atoms with Crippen molar-refractivity contribution in [1.82, 2.24) is 19.5 Å². The summed E-state index contributed by atoms with van der Waals surface area (Å²) in [5.41, 5.74) is 12.8. The minimum Gasteiger partial charge on any atom is -0.309 e. The van der Waals surface area contributed by atoms with Gasteiger partial charge in [0.2, 0.25) is 0 Å². The van der Waals surface area contributed by atoms with Gasteiger partial charge in [0.25, 0.3) is 0 Å². The summed E-state index contributed by atoms with van der Waals surface area (Å²) >= 11 is 0. The van der Waals surface area contributed by atoms with Gasteiger partial charge in [0.05, 0.1) is 22.4 Å². The molecular formula is C45H30N4. The molecule has 0 saturated carbocycles. The molecular weight excluding hydrogens is 597 g/mol. The van der Waals surface area contributed by atoms with E-state index in [4.69, 9.17) is 9.97 Å². The maximum absolute atomic E-state index is 5.17. The minimum atomic E-state index is 0.690. The molecule has 0 bridgehead atoms. The van der Waals surface area contributed by atoms with E-state index >= 15 is 0 Å². The molecule has 4 heteroatoms. The van der Waals surface area contributed by atoms with E-state index in [9.17, 15) is 0 Å². The number of aromatic nitrogens is 4. The Morgan fingerprint density at radius 3 is 1.49 bits per heavy atom. The van der Waals surface area contributed by atoms with Crippen LogP contribution >= 0.6 is 0 Å². The van der Waals surface area contributed by atoms with Gasteiger partial charge in [-0.05, 0) is 70.8 Å². The Morgan fingerprint density at radius 1 is 0.347 bits per heavy atom. The zero-order valence-electron chi connectivity index (χ0n) is 26.6. The molecule has 49 heavy (non-hydrogen) atoms. The van der Waals surface area contributed by atoms with Crippen molar-refractivity contribution in [2.24, 2.45) is 0 Å². The molecule has 230 valence electrons. The third kappa shape index (κ3) is 5.35. The van der Waals surface area contributed by atoms with Crippen molar-refractivity contribution >= 4 is 21.8 Å². The average molecular weight is 627 g/mol. The van der Waals surface area contributed by atoms with Gasteiger partial charge in [0, 0.05) is 45.5 Å². The number of fused-ring (bicyclic) bond motifs is 3. The Morgan fingerprint density at radius 2 is 0.837 bits per heavy atom.